The Kier molecular flexibility index (Phi) is 7.35. The molecule has 2 aromatic carbocycles. The Balaban J connectivity index is 0.00000225. The van der Waals surface area contributed by atoms with Crippen LogP contribution in [0.2, 0.25) is 0 Å². The Morgan fingerprint density at radius 2 is 1.79 bits per heavy atom. The van der Waals surface area contributed by atoms with Gasteiger partial charge in [-0.15, -0.1) is 12.4 Å². The average molecular weight is 400 g/mol. The molecule has 1 N–H and O–H groups in total. The van der Waals surface area contributed by atoms with E-state index in [1.807, 2.05) is 30.3 Å². The van der Waals surface area contributed by atoms with Crippen LogP contribution < -0.4 is 10.2 Å². The number of benzene rings is 2. The average Bonchev–Trinajstić information content (AvgIpc) is 2.73. The number of nitrogens with one attached hydrogen (secondary N) is 1. The number of nitrogens with zero attached hydrogens (tertiary/aromatic N) is 2. The number of rotatable bonds is 6. The second-order valence-electron chi connectivity index (χ2n) is 7.64. The number of unbranched alkanes of at least 4 members (excludes halogenated alkanes) is 1. The Bertz CT molecular complexity index is 767. The number of halogens is 1. The molecule has 1 atom stereocenters. The van der Waals surface area contributed by atoms with E-state index in [4.69, 9.17) is 0 Å². The van der Waals surface area contributed by atoms with Gasteiger partial charge in [0.15, 0.2) is 0 Å². The monoisotopic (exact) mass is 399 g/mol. The summed E-state index contributed by atoms with van der Waals surface area (Å²) in [5.41, 5.74) is 3.71. The van der Waals surface area contributed by atoms with Crippen molar-refractivity contribution in [3.05, 3.63) is 65.7 Å². The van der Waals surface area contributed by atoms with Gasteiger partial charge in [-0.3, -0.25) is 9.69 Å². The summed E-state index contributed by atoms with van der Waals surface area (Å²) in [6, 6.07) is 19.0. The Labute approximate surface area is 174 Å². The van der Waals surface area contributed by atoms with E-state index in [1.54, 1.807) is 0 Å². The van der Waals surface area contributed by atoms with Crippen molar-refractivity contribution < 1.29 is 4.79 Å². The van der Waals surface area contributed by atoms with Gasteiger partial charge in [0.2, 0.25) is 0 Å². The zero-order valence-corrected chi connectivity index (χ0v) is 17.2. The maximum atomic E-state index is 12.0. The van der Waals surface area contributed by atoms with Crippen LogP contribution in [0.3, 0.4) is 0 Å². The van der Waals surface area contributed by atoms with Gasteiger partial charge in [-0.25, -0.2) is 0 Å². The molecule has 1 unspecified atom stereocenters. The van der Waals surface area contributed by atoms with Gasteiger partial charge in [-0.05, 0) is 56.0 Å². The number of carbonyl (C=O) groups excluding carboxylic acids is 1. The minimum atomic E-state index is 0. The van der Waals surface area contributed by atoms with Gasteiger partial charge >= 0.3 is 0 Å². The minimum Gasteiger partial charge on any atom is -0.366 e. The van der Waals surface area contributed by atoms with E-state index in [9.17, 15) is 4.79 Å². The highest BCUT2D eigenvalue weighted by Gasteiger charge is 2.30. The van der Waals surface area contributed by atoms with E-state index < -0.39 is 0 Å². The molecule has 2 heterocycles. The number of piperazine rings is 1. The number of hydrogen-bond acceptors (Lipinski definition) is 3. The third-order valence-electron chi connectivity index (χ3n) is 5.84. The quantitative estimate of drug-likeness (QED) is 0.751. The van der Waals surface area contributed by atoms with Gasteiger partial charge in [-0.2, -0.15) is 0 Å². The van der Waals surface area contributed by atoms with Crippen LogP contribution in [0.5, 0.6) is 0 Å². The molecule has 4 rings (SSSR count). The van der Waals surface area contributed by atoms with Crippen molar-refractivity contribution in [1.82, 2.24) is 10.2 Å². The number of para-hydroxylation sites is 1. The molecule has 0 spiro atoms. The van der Waals surface area contributed by atoms with Crippen molar-refractivity contribution in [2.45, 2.75) is 31.7 Å². The van der Waals surface area contributed by atoms with Crippen LogP contribution in [0.1, 0.15) is 35.2 Å². The maximum Gasteiger partial charge on any atom is 0.251 e. The van der Waals surface area contributed by atoms with E-state index in [1.165, 1.54) is 30.6 Å². The summed E-state index contributed by atoms with van der Waals surface area (Å²) in [5.74, 6) is 0.0325. The summed E-state index contributed by atoms with van der Waals surface area (Å²) in [6.45, 7) is 5.33. The third kappa shape index (κ3) is 4.86. The molecule has 2 aliphatic heterocycles. The van der Waals surface area contributed by atoms with Crippen LogP contribution in [0.15, 0.2) is 54.6 Å². The smallest absolute Gasteiger partial charge is 0.251 e. The fourth-order valence-electron chi connectivity index (χ4n) is 4.37. The first-order valence-electron chi connectivity index (χ1n) is 10.2. The van der Waals surface area contributed by atoms with E-state index in [0.717, 1.165) is 44.6 Å². The number of hydrogen-bond donors (Lipinski definition) is 1. The standard InChI is InChI=1S/C23H29N3O.ClH/c27-23(20-9-2-1-3-10-20)24-14-6-7-15-25-16-17-26-21(18-25)13-12-19-8-4-5-11-22(19)26;/h1-5,8-11,21H,6-7,12-18H2,(H,24,27);1H. The number of fused-ring (bicyclic) bond motifs is 3. The third-order valence-corrected chi connectivity index (χ3v) is 5.84. The van der Waals surface area contributed by atoms with Crippen molar-refractivity contribution in [1.29, 1.82) is 0 Å². The van der Waals surface area contributed by atoms with E-state index in [0.29, 0.717) is 6.04 Å². The first-order chi connectivity index (χ1) is 13.3. The number of aryl methyl sites for hydroxylation is 1. The van der Waals surface area contributed by atoms with Gasteiger partial charge in [0, 0.05) is 43.5 Å². The van der Waals surface area contributed by atoms with Crippen molar-refractivity contribution in [2.75, 3.05) is 37.6 Å². The van der Waals surface area contributed by atoms with Gasteiger partial charge < -0.3 is 10.2 Å². The SMILES string of the molecule is Cl.O=C(NCCCCN1CCN2c3ccccc3CCC2C1)c1ccccc1. The van der Waals surface area contributed by atoms with Crippen LogP contribution >= 0.6 is 12.4 Å². The van der Waals surface area contributed by atoms with Crippen LogP contribution in [0, 0.1) is 0 Å². The maximum absolute atomic E-state index is 12.0. The van der Waals surface area contributed by atoms with Crippen molar-refractivity contribution in [3.63, 3.8) is 0 Å². The second kappa shape index (κ2) is 9.94. The molecule has 150 valence electrons. The summed E-state index contributed by atoms with van der Waals surface area (Å²) >= 11 is 0. The molecule has 1 saturated heterocycles. The minimum absolute atomic E-state index is 0. The Hall–Kier alpha value is -2.04. The fraction of sp³-hybridized carbons (Fsp3) is 0.435. The van der Waals surface area contributed by atoms with Crippen LogP contribution in [-0.4, -0.2) is 49.6 Å². The topological polar surface area (TPSA) is 35.6 Å². The second-order valence-corrected chi connectivity index (χ2v) is 7.64. The predicted octanol–water partition coefficient (Wildman–Crippen LogP) is 3.76. The first-order valence-corrected chi connectivity index (χ1v) is 10.2. The van der Waals surface area contributed by atoms with Gasteiger partial charge in [0.1, 0.15) is 0 Å². The molecule has 0 aliphatic carbocycles. The van der Waals surface area contributed by atoms with Gasteiger partial charge in [-0.1, -0.05) is 36.4 Å². The van der Waals surface area contributed by atoms with Crippen molar-refractivity contribution >= 4 is 24.0 Å². The van der Waals surface area contributed by atoms with Gasteiger partial charge in [0.25, 0.3) is 5.91 Å². The molecular formula is C23H30ClN3O. The predicted molar refractivity (Wildman–Crippen MR) is 118 cm³/mol. The highest BCUT2D eigenvalue weighted by Crippen LogP contribution is 2.32. The summed E-state index contributed by atoms with van der Waals surface area (Å²) in [7, 11) is 0. The lowest BCUT2D eigenvalue weighted by Gasteiger charge is -2.46. The molecular weight excluding hydrogens is 370 g/mol. The molecule has 28 heavy (non-hydrogen) atoms. The molecule has 2 aromatic rings. The van der Waals surface area contributed by atoms with Crippen molar-refractivity contribution in [2.24, 2.45) is 0 Å². The summed E-state index contributed by atoms with van der Waals surface area (Å²) < 4.78 is 0. The summed E-state index contributed by atoms with van der Waals surface area (Å²) in [5, 5.41) is 3.03. The highest BCUT2D eigenvalue weighted by atomic mass is 35.5. The normalized spacial score (nSPS) is 18.6. The molecule has 0 radical (unpaired) electrons. The molecule has 5 heteroatoms. The molecule has 0 saturated carbocycles. The lowest BCUT2D eigenvalue weighted by atomic mass is 9.94. The van der Waals surface area contributed by atoms with Crippen molar-refractivity contribution in [3.8, 4) is 0 Å². The zero-order valence-electron chi connectivity index (χ0n) is 16.3. The summed E-state index contributed by atoms with van der Waals surface area (Å²) in [6.07, 6.45) is 4.64. The van der Waals surface area contributed by atoms with E-state index in [2.05, 4.69) is 39.4 Å². The lowest BCUT2D eigenvalue weighted by molar-refractivity contribution is 0.0952. The van der Waals surface area contributed by atoms with Crippen LogP contribution in [0.4, 0.5) is 5.69 Å². The fourth-order valence-corrected chi connectivity index (χ4v) is 4.37. The first kappa shape index (κ1) is 20.7. The molecule has 2 aliphatic rings. The van der Waals surface area contributed by atoms with E-state index >= 15 is 0 Å². The lowest BCUT2D eigenvalue weighted by Crippen LogP contribution is -2.55. The number of anilines is 1. The number of carbonyl (C=O) groups is 1. The molecule has 4 nitrogen and oxygen atoms in total. The summed E-state index contributed by atoms with van der Waals surface area (Å²) in [4.78, 5) is 17.3. The van der Waals surface area contributed by atoms with Gasteiger partial charge in [0.05, 0.1) is 0 Å². The molecule has 0 aromatic heterocycles. The highest BCUT2D eigenvalue weighted by molar-refractivity contribution is 5.94. The molecule has 1 fully saturated rings. The largest absolute Gasteiger partial charge is 0.366 e. The van der Waals surface area contributed by atoms with Crippen LogP contribution in [-0.2, 0) is 6.42 Å². The number of amides is 1. The van der Waals surface area contributed by atoms with Crippen LogP contribution in [0.25, 0.3) is 0 Å². The Morgan fingerprint density at radius 1 is 1.00 bits per heavy atom. The molecule has 1 amide bonds. The zero-order chi connectivity index (χ0) is 18.5. The Morgan fingerprint density at radius 3 is 2.64 bits per heavy atom. The molecule has 0 bridgehead atoms. The van der Waals surface area contributed by atoms with E-state index in [-0.39, 0.29) is 18.3 Å².